The molecule has 5 heteroatoms. The van der Waals surface area contributed by atoms with Crippen LogP contribution in [0.5, 0.6) is 0 Å². The molecule has 1 fully saturated rings. The molecule has 2 heterocycles. The Bertz CT molecular complexity index is 1160. The first-order chi connectivity index (χ1) is 14.8. The van der Waals surface area contributed by atoms with Crippen LogP contribution in [0, 0.1) is 0 Å². The number of amides is 1. The maximum absolute atomic E-state index is 13.3. The van der Waals surface area contributed by atoms with Crippen molar-refractivity contribution in [1.29, 1.82) is 0 Å². The molecular formula is C25H22N2O2S. The van der Waals surface area contributed by atoms with Crippen molar-refractivity contribution in [3.8, 4) is 11.3 Å². The fourth-order valence-electron chi connectivity index (χ4n) is 3.96. The summed E-state index contributed by atoms with van der Waals surface area (Å²) < 4.78 is 5.59. The Balaban J connectivity index is 1.38. The van der Waals surface area contributed by atoms with Gasteiger partial charge in [0.1, 0.15) is 5.52 Å². The van der Waals surface area contributed by atoms with Crippen LogP contribution >= 0.6 is 11.8 Å². The van der Waals surface area contributed by atoms with Gasteiger partial charge in [-0.2, -0.15) is 11.8 Å². The van der Waals surface area contributed by atoms with Gasteiger partial charge in [-0.05, 0) is 30.2 Å². The number of fused-ring (bicyclic) bond motifs is 1. The molecule has 0 N–H and O–H groups in total. The van der Waals surface area contributed by atoms with E-state index in [9.17, 15) is 4.79 Å². The van der Waals surface area contributed by atoms with Crippen LogP contribution < -0.4 is 0 Å². The van der Waals surface area contributed by atoms with Crippen molar-refractivity contribution >= 4 is 28.6 Å². The van der Waals surface area contributed by atoms with E-state index in [1.165, 1.54) is 5.56 Å². The number of benzene rings is 3. The minimum atomic E-state index is 0.0754. The van der Waals surface area contributed by atoms with Gasteiger partial charge in [-0.15, -0.1) is 0 Å². The third-order valence-corrected chi connectivity index (χ3v) is 6.89. The number of nitrogens with zero attached hydrogens (tertiary/aromatic N) is 2. The van der Waals surface area contributed by atoms with Gasteiger partial charge in [-0.1, -0.05) is 65.8 Å². The minimum Gasteiger partial charge on any atom is -0.355 e. The van der Waals surface area contributed by atoms with Crippen molar-refractivity contribution in [1.82, 2.24) is 10.1 Å². The number of thioether (sulfide) groups is 1. The summed E-state index contributed by atoms with van der Waals surface area (Å²) >= 11 is 1.94. The molecule has 0 saturated carbocycles. The number of hydrogen-bond acceptors (Lipinski definition) is 4. The Morgan fingerprint density at radius 3 is 2.53 bits per heavy atom. The van der Waals surface area contributed by atoms with Crippen LogP contribution in [0.25, 0.3) is 22.2 Å². The Labute approximate surface area is 179 Å². The van der Waals surface area contributed by atoms with E-state index in [-0.39, 0.29) is 5.91 Å². The monoisotopic (exact) mass is 414 g/mol. The molecule has 3 aromatic carbocycles. The van der Waals surface area contributed by atoms with Crippen molar-refractivity contribution in [2.75, 3.05) is 18.8 Å². The lowest BCUT2D eigenvalue weighted by molar-refractivity contribution is 0.0767. The normalized spacial score (nSPS) is 17.1. The minimum absolute atomic E-state index is 0.0754. The topological polar surface area (TPSA) is 46.3 Å². The number of carbonyl (C=O) groups excluding carboxylic acids is 1. The smallest absolute Gasteiger partial charge is 0.253 e. The molecular weight excluding hydrogens is 392 g/mol. The van der Waals surface area contributed by atoms with Gasteiger partial charge in [0, 0.05) is 35.2 Å². The second kappa shape index (κ2) is 8.36. The zero-order valence-electron chi connectivity index (χ0n) is 16.5. The van der Waals surface area contributed by atoms with Crippen molar-refractivity contribution in [3.05, 3.63) is 90.0 Å². The SMILES string of the molecule is O=C(c1ccc2noc(-c3ccccc3)c2c1)N1CCS[C@@H](c2ccccc2)CC1. The molecule has 30 heavy (non-hydrogen) atoms. The second-order valence-electron chi connectivity index (χ2n) is 7.46. The van der Waals surface area contributed by atoms with Gasteiger partial charge in [0.15, 0.2) is 5.76 Å². The van der Waals surface area contributed by atoms with E-state index in [1.807, 2.05) is 71.3 Å². The Kier molecular flexibility index (Phi) is 5.28. The number of carbonyl (C=O) groups is 1. The van der Waals surface area contributed by atoms with Gasteiger partial charge in [0.05, 0.1) is 5.39 Å². The molecule has 0 spiro atoms. The molecule has 4 aromatic rings. The van der Waals surface area contributed by atoms with Crippen LogP contribution in [-0.2, 0) is 0 Å². The van der Waals surface area contributed by atoms with E-state index in [1.54, 1.807) is 0 Å². The van der Waals surface area contributed by atoms with Crippen LogP contribution in [0.1, 0.15) is 27.6 Å². The first kappa shape index (κ1) is 18.9. The Morgan fingerprint density at radius 1 is 0.967 bits per heavy atom. The van der Waals surface area contributed by atoms with Crippen LogP contribution in [-0.4, -0.2) is 34.8 Å². The molecule has 0 radical (unpaired) electrons. The summed E-state index contributed by atoms with van der Waals surface area (Å²) in [5.74, 6) is 1.72. The summed E-state index contributed by atoms with van der Waals surface area (Å²) in [7, 11) is 0. The molecule has 1 aliphatic rings. The molecule has 1 saturated heterocycles. The predicted octanol–water partition coefficient (Wildman–Crippen LogP) is 5.82. The molecule has 4 nitrogen and oxygen atoms in total. The van der Waals surface area contributed by atoms with E-state index in [2.05, 4.69) is 29.4 Å². The number of hydrogen-bond donors (Lipinski definition) is 0. The zero-order valence-corrected chi connectivity index (χ0v) is 17.3. The van der Waals surface area contributed by atoms with E-state index in [0.29, 0.717) is 16.6 Å². The Hall–Kier alpha value is -3.05. The fraction of sp³-hybridized carbons (Fsp3) is 0.200. The van der Waals surface area contributed by atoms with E-state index in [4.69, 9.17) is 4.52 Å². The fourth-order valence-corrected chi connectivity index (χ4v) is 5.19. The molecule has 0 aliphatic carbocycles. The van der Waals surface area contributed by atoms with Crippen molar-refractivity contribution < 1.29 is 9.32 Å². The highest BCUT2D eigenvalue weighted by Gasteiger charge is 2.23. The molecule has 1 atom stereocenters. The van der Waals surface area contributed by atoms with Gasteiger partial charge in [-0.3, -0.25) is 4.79 Å². The third-order valence-electron chi connectivity index (χ3n) is 5.56. The molecule has 0 unspecified atom stereocenters. The van der Waals surface area contributed by atoms with Crippen molar-refractivity contribution in [3.63, 3.8) is 0 Å². The molecule has 5 rings (SSSR count). The number of rotatable bonds is 3. The summed E-state index contributed by atoms with van der Waals surface area (Å²) in [6.07, 6.45) is 0.963. The van der Waals surface area contributed by atoms with Crippen LogP contribution in [0.4, 0.5) is 0 Å². The quantitative estimate of drug-likeness (QED) is 0.424. The highest BCUT2D eigenvalue weighted by molar-refractivity contribution is 7.99. The number of aromatic nitrogens is 1. The first-order valence-corrected chi connectivity index (χ1v) is 11.2. The highest BCUT2D eigenvalue weighted by Crippen LogP contribution is 2.35. The summed E-state index contributed by atoms with van der Waals surface area (Å²) in [5.41, 5.74) is 3.75. The summed E-state index contributed by atoms with van der Waals surface area (Å²) in [5, 5.41) is 5.48. The lowest BCUT2D eigenvalue weighted by Gasteiger charge is -2.20. The molecule has 0 bridgehead atoms. The maximum Gasteiger partial charge on any atom is 0.253 e. The molecule has 1 aromatic heterocycles. The molecule has 1 amide bonds. The van der Waals surface area contributed by atoms with E-state index < -0.39 is 0 Å². The molecule has 1 aliphatic heterocycles. The van der Waals surface area contributed by atoms with Gasteiger partial charge in [0.2, 0.25) is 0 Å². The highest BCUT2D eigenvalue weighted by atomic mass is 32.2. The van der Waals surface area contributed by atoms with Gasteiger partial charge < -0.3 is 9.42 Å². The van der Waals surface area contributed by atoms with Gasteiger partial charge in [0.25, 0.3) is 5.91 Å². The summed E-state index contributed by atoms with van der Waals surface area (Å²) in [6, 6.07) is 26.1. The van der Waals surface area contributed by atoms with Gasteiger partial charge in [-0.25, -0.2) is 0 Å². The molecule has 150 valence electrons. The van der Waals surface area contributed by atoms with E-state index >= 15 is 0 Å². The summed E-state index contributed by atoms with van der Waals surface area (Å²) in [6.45, 7) is 1.53. The van der Waals surface area contributed by atoms with Crippen LogP contribution in [0.3, 0.4) is 0 Å². The van der Waals surface area contributed by atoms with Crippen LogP contribution in [0.2, 0.25) is 0 Å². The lowest BCUT2D eigenvalue weighted by atomic mass is 10.1. The average molecular weight is 415 g/mol. The second-order valence-corrected chi connectivity index (χ2v) is 8.77. The largest absolute Gasteiger partial charge is 0.355 e. The lowest BCUT2D eigenvalue weighted by Crippen LogP contribution is -2.32. The first-order valence-electron chi connectivity index (χ1n) is 10.2. The van der Waals surface area contributed by atoms with Gasteiger partial charge >= 0.3 is 0 Å². The zero-order chi connectivity index (χ0) is 20.3. The standard InChI is InChI=1S/C25H22N2O2S/c28-25(27-14-13-23(30-16-15-27)18-7-3-1-4-8-18)20-11-12-22-21(17-20)24(29-26-22)19-9-5-2-6-10-19/h1-12,17,23H,13-16H2/t23-/m1/s1. The average Bonchev–Trinajstić information content (AvgIpc) is 3.07. The van der Waals surface area contributed by atoms with E-state index in [0.717, 1.165) is 41.7 Å². The summed E-state index contributed by atoms with van der Waals surface area (Å²) in [4.78, 5) is 15.3. The Morgan fingerprint density at radius 2 is 1.73 bits per heavy atom. The third kappa shape index (κ3) is 3.73. The predicted molar refractivity (Wildman–Crippen MR) is 122 cm³/mol. The van der Waals surface area contributed by atoms with Crippen molar-refractivity contribution in [2.24, 2.45) is 0 Å². The van der Waals surface area contributed by atoms with Crippen molar-refractivity contribution in [2.45, 2.75) is 11.7 Å². The van der Waals surface area contributed by atoms with Crippen LogP contribution in [0.15, 0.2) is 83.4 Å². The maximum atomic E-state index is 13.3.